The maximum atomic E-state index is 9.20. The van der Waals surface area contributed by atoms with Crippen molar-refractivity contribution in [1.82, 2.24) is 0 Å². The zero-order valence-electron chi connectivity index (χ0n) is 4.71. The Hall–Kier alpha value is -0.0800. The van der Waals surface area contributed by atoms with Crippen molar-refractivity contribution in [3.05, 3.63) is 0 Å². The minimum atomic E-state index is -0.130. The second-order valence-electron chi connectivity index (χ2n) is 2.70. The summed E-state index contributed by atoms with van der Waals surface area (Å²) >= 11 is 0. The lowest BCUT2D eigenvalue weighted by molar-refractivity contribution is 0.114. The molecule has 2 nitrogen and oxygen atoms in total. The summed E-state index contributed by atoms with van der Waals surface area (Å²) in [6.07, 6.45) is 2.50. The molecule has 2 aliphatic rings. The van der Waals surface area contributed by atoms with E-state index in [1.54, 1.807) is 0 Å². The number of hydrogen-bond donors (Lipinski definition) is 1. The topological polar surface area (TPSA) is 32.8 Å². The third-order valence-corrected chi connectivity index (χ3v) is 1.85. The highest BCUT2D eigenvalue weighted by Crippen LogP contribution is 2.37. The zero-order valence-corrected chi connectivity index (χ0v) is 4.71. The van der Waals surface area contributed by atoms with Crippen molar-refractivity contribution < 1.29 is 9.84 Å². The monoisotopic (exact) mass is 114 g/mol. The molecule has 8 heavy (non-hydrogen) atoms. The van der Waals surface area contributed by atoms with E-state index in [1.807, 2.05) is 0 Å². The van der Waals surface area contributed by atoms with Gasteiger partial charge in [-0.1, -0.05) is 0 Å². The van der Waals surface area contributed by atoms with Crippen LogP contribution in [0.25, 0.3) is 0 Å². The largest absolute Gasteiger partial charge is 0.390 e. The first-order valence-corrected chi connectivity index (χ1v) is 3.17. The molecule has 0 aromatic heterocycles. The van der Waals surface area contributed by atoms with Crippen LogP contribution in [-0.2, 0) is 4.74 Å². The van der Waals surface area contributed by atoms with E-state index in [9.17, 15) is 5.11 Å². The van der Waals surface area contributed by atoms with Crippen LogP contribution < -0.4 is 0 Å². The van der Waals surface area contributed by atoms with E-state index in [0.29, 0.717) is 5.92 Å². The van der Waals surface area contributed by atoms with Crippen LogP contribution in [-0.4, -0.2) is 23.9 Å². The second kappa shape index (κ2) is 1.45. The van der Waals surface area contributed by atoms with E-state index in [2.05, 4.69) is 0 Å². The van der Waals surface area contributed by atoms with Crippen LogP contribution in [0.4, 0.5) is 0 Å². The number of aliphatic hydroxyl groups excluding tert-OH is 1. The lowest BCUT2D eigenvalue weighted by atomic mass is 10.2. The molecule has 0 radical (unpaired) electrons. The van der Waals surface area contributed by atoms with Gasteiger partial charge >= 0.3 is 0 Å². The first-order chi connectivity index (χ1) is 3.88. The molecular weight excluding hydrogens is 104 g/mol. The molecule has 1 aliphatic heterocycles. The normalized spacial score (nSPS) is 39.4. The van der Waals surface area contributed by atoms with Crippen LogP contribution in [0.5, 0.6) is 0 Å². The molecule has 2 atom stereocenters. The lowest BCUT2D eigenvalue weighted by Crippen LogP contribution is -2.16. The molecular formula is C6H10O2. The van der Waals surface area contributed by atoms with E-state index in [1.165, 1.54) is 12.8 Å². The first-order valence-electron chi connectivity index (χ1n) is 3.17. The Morgan fingerprint density at radius 3 is 2.50 bits per heavy atom. The summed E-state index contributed by atoms with van der Waals surface area (Å²) in [4.78, 5) is 0. The van der Waals surface area contributed by atoms with E-state index >= 15 is 0 Å². The van der Waals surface area contributed by atoms with Gasteiger partial charge in [0.15, 0.2) is 0 Å². The Morgan fingerprint density at radius 1 is 1.50 bits per heavy atom. The van der Waals surface area contributed by atoms with Crippen LogP contribution >= 0.6 is 0 Å². The number of hydrogen-bond acceptors (Lipinski definition) is 2. The van der Waals surface area contributed by atoms with Crippen LogP contribution in [0, 0.1) is 5.92 Å². The van der Waals surface area contributed by atoms with Gasteiger partial charge in [-0.3, -0.25) is 0 Å². The smallest absolute Gasteiger partial charge is 0.107 e. The molecule has 2 heteroatoms. The van der Waals surface area contributed by atoms with Crippen LogP contribution in [0.3, 0.4) is 0 Å². The van der Waals surface area contributed by atoms with E-state index in [-0.39, 0.29) is 12.2 Å². The van der Waals surface area contributed by atoms with Crippen molar-refractivity contribution in [2.75, 3.05) is 6.61 Å². The minimum absolute atomic E-state index is 0.130. The number of rotatable bonds is 2. The Labute approximate surface area is 48.5 Å². The summed E-state index contributed by atoms with van der Waals surface area (Å²) in [7, 11) is 0. The van der Waals surface area contributed by atoms with Crippen molar-refractivity contribution in [3.8, 4) is 0 Å². The summed E-state index contributed by atoms with van der Waals surface area (Å²) < 4.78 is 4.92. The van der Waals surface area contributed by atoms with Crippen molar-refractivity contribution in [2.45, 2.75) is 25.0 Å². The fourth-order valence-corrected chi connectivity index (χ4v) is 0.994. The average molecular weight is 114 g/mol. The maximum absolute atomic E-state index is 9.20. The first kappa shape index (κ1) is 4.77. The Morgan fingerprint density at radius 2 is 2.12 bits per heavy atom. The molecule has 0 amide bonds. The molecule has 1 saturated carbocycles. The summed E-state index contributed by atoms with van der Waals surface area (Å²) in [5, 5.41) is 9.20. The van der Waals surface area contributed by atoms with Crippen LogP contribution in [0.2, 0.25) is 0 Å². The molecule has 1 saturated heterocycles. The van der Waals surface area contributed by atoms with E-state index < -0.39 is 0 Å². The molecule has 2 rings (SSSR count). The highest BCUT2D eigenvalue weighted by molar-refractivity contribution is 4.90. The van der Waals surface area contributed by atoms with Gasteiger partial charge < -0.3 is 9.84 Å². The second-order valence-corrected chi connectivity index (χ2v) is 2.70. The molecule has 0 spiro atoms. The summed E-state index contributed by atoms with van der Waals surface area (Å²) in [6.45, 7) is 0.789. The van der Waals surface area contributed by atoms with Gasteiger partial charge in [0, 0.05) is 0 Å². The molecule has 1 heterocycles. The highest BCUT2D eigenvalue weighted by atomic mass is 16.6. The van der Waals surface area contributed by atoms with Gasteiger partial charge in [-0.25, -0.2) is 0 Å². The van der Waals surface area contributed by atoms with Gasteiger partial charge in [-0.2, -0.15) is 0 Å². The Bertz CT molecular complexity index is 82.7. The summed E-state index contributed by atoms with van der Waals surface area (Å²) in [5.74, 6) is 0.586. The van der Waals surface area contributed by atoms with Gasteiger partial charge in [0.25, 0.3) is 0 Å². The van der Waals surface area contributed by atoms with Crippen molar-refractivity contribution in [1.29, 1.82) is 0 Å². The van der Waals surface area contributed by atoms with E-state index in [4.69, 9.17) is 4.74 Å². The Kier molecular flexibility index (Phi) is 0.866. The summed E-state index contributed by atoms with van der Waals surface area (Å²) in [5.41, 5.74) is 0. The molecule has 46 valence electrons. The average Bonchev–Trinajstić information content (AvgIpc) is 2.63. The molecule has 1 N–H and O–H groups in total. The standard InChI is InChI=1S/C6H10O2/c7-6(4-1-2-4)5-3-8-5/h4-7H,1-3H2/t5?,6-/m1/s1. The van der Waals surface area contributed by atoms with Gasteiger partial charge in [0.05, 0.1) is 12.7 Å². The van der Waals surface area contributed by atoms with E-state index in [0.717, 1.165) is 6.61 Å². The summed E-state index contributed by atoms with van der Waals surface area (Å²) in [6, 6.07) is 0. The number of epoxide rings is 1. The van der Waals surface area contributed by atoms with Gasteiger partial charge in [-0.15, -0.1) is 0 Å². The SMILES string of the molecule is O[C@H](C1CC1)C1CO1. The minimum Gasteiger partial charge on any atom is -0.390 e. The highest BCUT2D eigenvalue weighted by Gasteiger charge is 2.41. The van der Waals surface area contributed by atoms with Gasteiger partial charge in [-0.05, 0) is 18.8 Å². The van der Waals surface area contributed by atoms with Gasteiger partial charge in [0.1, 0.15) is 6.10 Å². The fraction of sp³-hybridized carbons (Fsp3) is 1.00. The molecule has 2 fully saturated rings. The van der Waals surface area contributed by atoms with Crippen molar-refractivity contribution >= 4 is 0 Å². The van der Waals surface area contributed by atoms with Crippen molar-refractivity contribution in [2.24, 2.45) is 5.92 Å². The third-order valence-electron chi connectivity index (χ3n) is 1.85. The molecule has 1 unspecified atom stereocenters. The predicted molar refractivity (Wildman–Crippen MR) is 28.5 cm³/mol. The predicted octanol–water partition coefficient (Wildman–Crippen LogP) is 0.156. The Balaban J connectivity index is 1.84. The molecule has 0 aromatic carbocycles. The maximum Gasteiger partial charge on any atom is 0.107 e. The lowest BCUT2D eigenvalue weighted by Gasteiger charge is -2.01. The van der Waals surface area contributed by atoms with Gasteiger partial charge in [0.2, 0.25) is 0 Å². The zero-order chi connectivity index (χ0) is 5.56. The number of aliphatic hydroxyl groups is 1. The molecule has 0 bridgehead atoms. The van der Waals surface area contributed by atoms with Crippen molar-refractivity contribution in [3.63, 3.8) is 0 Å². The quantitative estimate of drug-likeness (QED) is 0.518. The number of ether oxygens (including phenoxy) is 1. The third kappa shape index (κ3) is 0.740. The fourth-order valence-electron chi connectivity index (χ4n) is 0.994. The van der Waals surface area contributed by atoms with Crippen LogP contribution in [0.1, 0.15) is 12.8 Å². The molecule has 1 aliphatic carbocycles. The van der Waals surface area contributed by atoms with Crippen LogP contribution in [0.15, 0.2) is 0 Å². The molecule has 0 aromatic rings.